The Morgan fingerprint density at radius 2 is 1.78 bits per heavy atom. The van der Waals surface area contributed by atoms with E-state index in [1.165, 1.54) is 0 Å². The second-order valence-corrected chi connectivity index (χ2v) is 5.54. The molecule has 0 bridgehead atoms. The highest BCUT2D eigenvalue weighted by atomic mass is 16.6. The van der Waals surface area contributed by atoms with Crippen molar-refractivity contribution in [1.82, 2.24) is 5.32 Å². The van der Waals surface area contributed by atoms with Crippen molar-refractivity contribution >= 4 is 12.1 Å². The lowest BCUT2D eigenvalue weighted by molar-refractivity contribution is -0.147. The van der Waals surface area contributed by atoms with Crippen LogP contribution in [0.5, 0.6) is 0 Å². The minimum absolute atomic E-state index is 0.0538. The van der Waals surface area contributed by atoms with Crippen LogP contribution in [0.15, 0.2) is 0 Å². The average molecular weight is 259 g/mol. The summed E-state index contributed by atoms with van der Waals surface area (Å²) >= 11 is 0. The van der Waals surface area contributed by atoms with Crippen molar-refractivity contribution in [2.75, 3.05) is 6.61 Å². The molecular weight excluding hydrogens is 234 g/mol. The molecule has 106 valence electrons. The van der Waals surface area contributed by atoms with E-state index in [0.717, 1.165) is 6.42 Å². The summed E-state index contributed by atoms with van der Waals surface area (Å²) in [6, 6.07) is -0.675. The van der Waals surface area contributed by atoms with Crippen LogP contribution in [0.2, 0.25) is 0 Å². The Kier molecular flexibility index (Phi) is 6.73. The highest BCUT2D eigenvalue weighted by Gasteiger charge is 2.27. The molecule has 0 fully saturated rings. The average Bonchev–Trinajstić information content (AvgIpc) is 2.19. The molecule has 1 amide bonds. The van der Waals surface area contributed by atoms with E-state index in [0.29, 0.717) is 6.61 Å². The van der Waals surface area contributed by atoms with E-state index in [2.05, 4.69) is 5.32 Å². The molecule has 18 heavy (non-hydrogen) atoms. The van der Waals surface area contributed by atoms with Gasteiger partial charge in [0, 0.05) is 0 Å². The van der Waals surface area contributed by atoms with Crippen LogP contribution in [-0.2, 0) is 14.3 Å². The van der Waals surface area contributed by atoms with E-state index >= 15 is 0 Å². The zero-order chi connectivity index (χ0) is 14.3. The molecule has 0 heterocycles. The number of esters is 1. The summed E-state index contributed by atoms with van der Waals surface area (Å²) in [6.45, 7) is 11.3. The third-order valence-electron chi connectivity index (χ3n) is 2.04. The van der Waals surface area contributed by atoms with Gasteiger partial charge in [0.15, 0.2) is 0 Å². The molecule has 0 spiro atoms. The molecule has 0 aliphatic carbocycles. The predicted octanol–water partition coefficient (Wildman–Crippen LogP) is 2.49. The molecule has 5 heteroatoms. The van der Waals surface area contributed by atoms with Crippen LogP contribution in [0.4, 0.5) is 4.79 Å². The van der Waals surface area contributed by atoms with Crippen molar-refractivity contribution in [1.29, 1.82) is 0 Å². The summed E-state index contributed by atoms with van der Waals surface area (Å²) in [7, 11) is 0. The lowest BCUT2D eigenvalue weighted by Gasteiger charge is -2.24. The van der Waals surface area contributed by atoms with Crippen molar-refractivity contribution in [3.05, 3.63) is 0 Å². The lowest BCUT2D eigenvalue weighted by Crippen LogP contribution is -2.47. The van der Waals surface area contributed by atoms with E-state index in [-0.39, 0.29) is 5.92 Å². The van der Waals surface area contributed by atoms with E-state index in [9.17, 15) is 9.59 Å². The van der Waals surface area contributed by atoms with Crippen molar-refractivity contribution in [3.8, 4) is 0 Å². The molecule has 0 aromatic rings. The maximum atomic E-state index is 11.8. The fourth-order valence-electron chi connectivity index (χ4n) is 1.22. The van der Waals surface area contributed by atoms with Gasteiger partial charge in [0.25, 0.3) is 0 Å². The maximum absolute atomic E-state index is 11.8. The summed E-state index contributed by atoms with van der Waals surface area (Å²) < 4.78 is 10.2. The Labute approximate surface area is 109 Å². The molecule has 0 aromatic carbocycles. The normalized spacial score (nSPS) is 13.1. The van der Waals surface area contributed by atoms with E-state index < -0.39 is 23.7 Å². The van der Waals surface area contributed by atoms with E-state index in [1.807, 2.05) is 20.8 Å². The number of alkyl carbamates (subject to hydrolysis) is 1. The first-order valence-corrected chi connectivity index (χ1v) is 6.33. The Balaban J connectivity index is 4.45. The highest BCUT2D eigenvalue weighted by Crippen LogP contribution is 2.09. The first-order valence-electron chi connectivity index (χ1n) is 6.33. The Hall–Kier alpha value is -1.26. The fourth-order valence-corrected chi connectivity index (χ4v) is 1.22. The van der Waals surface area contributed by atoms with Crippen LogP contribution < -0.4 is 5.32 Å². The molecule has 5 nitrogen and oxygen atoms in total. The molecule has 0 aliphatic heterocycles. The summed E-state index contributed by atoms with van der Waals surface area (Å²) in [5.41, 5.74) is -0.584. The second kappa shape index (κ2) is 7.24. The lowest BCUT2D eigenvalue weighted by atomic mass is 10.1. The Morgan fingerprint density at radius 1 is 1.22 bits per heavy atom. The van der Waals surface area contributed by atoms with Gasteiger partial charge in [-0.3, -0.25) is 0 Å². The van der Waals surface area contributed by atoms with Crippen LogP contribution >= 0.6 is 0 Å². The van der Waals surface area contributed by atoms with Gasteiger partial charge in [0.2, 0.25) is 0 Å². The fraction of sp³-hybridized carbons (Fsp3) is 0.846. The van der Waals surface area contributed by atoms with Gasteiger partial charge >= 0.3 is 12.1 Å². The Morgan fingerprint density at radius 3 is 2.17 bits per heavy atom. The van der Waals surface area contributed by atoms with Gasteiger partial charge in [-0.2, -0.15) is 0 Å². The molecule has 0 rings (SSSR count). The van der Waals surface area contributed by atoms with E-state index in [4.69, 9.17) is 9.47 Å². The third kappa shape index (κ3) is 7.14. The van der Waals surface area contributed by atoms with Gasteiger partial charge in [-0.25, -0.2) is 9.59 Å². The van der Waals surface area contributed by atoms with Crippen LogP contribution in [0.3, 0.4) is 0 Å². The smallest absolute Gasteiger partial charge is 0.408 e. The monoisotopic (exact) mass is 259 g/mol. The third-order valence-corrected chi connectivity index (χ3v) is 2.04. The van der Waals surface area contributed by atoms with Crippen LogP contribution in [-0.4, -0.2) is 30.3 Å². The van der Waals surface area contributed by atoms with Gasteiger partial charge in [0.1, 0.15) is 11.6 Å². The van der Waals surface area contributed by atoms with Crippen LogP contribution in [0.25, 0.3) is 0 Å². The zero-order valence-corrected chi connectivity index (χ0v) is 12.2. The maximum Gasteiger partial charge on any atom is 0.408 e. The molecule has 1 N–H and O–H groups in total. The molecule has 0 saturated carbocycles. The second-order valence-electron chi connectivity index (χ2n) is 5.54. The number of hydrogen-bond donors (Lipinski definition) is 1. The summed E-state index contributed by atoms with van der Waals surface area (Å²) in [4.78, 5) is 23.4. The minimum Gasteiger partial charge on any atom is -0.464 e. The van der Waals surface area contributed by atoms with Crippen molar-refractivity contribution in [2.24, 2.45) is 5.92 Å². The topological polar surface area (TPSA) is 64.6 Å². The van der Waals surface area contributed by atoms with E-state index in [1.54, 1.807) is 20.8 Å². The molecule has 0 aromatic heterocycles. The van der Waals surface area contributed by atoms with Gasteiger partial charge in [-0.05, 0) is 33.1 Å². The van der Waals surface area contributed by atoms with Gasteiger partial charge in [0.05, 0.1) is 6.61 Å². The van der Waals surface area contributed by atoms with Crippen LogP contribution in [0, 0.1) is 5.92 Å². The number of carbonyl (C=O) groups is 2. The quantitative estimate of drug-likeness (QED) is 0.770. The zero-order valence-electron chi connectivity index (χ0n) is 12.2. The highest BCUT2D eigenvalue weighted by molar-refractivity contribution is 5.81. The van der Waals surface area contributed by atoms with Crippen molar-refractivity contribution in [2.45, 2.75) is 59.6 Å². The van der Waals surface area contributed by atoms with Crippen LogP contribution in [0.1, 0.15) is 48.0 Å². The SMILES string of the molecule is CCCOC(=O)C(NC(=O)OC(C)(C)C)C(C)C. The molecule has 0 saturated heterocycles. The first kappa shape index (κ1) is 16.7. The largest absolute Gasteiger partial charge is 0.464 e. The number of amides is 1. The number of carbonyl (C=O) groups excluding carboxylic acids is 2. The molecule has 0 aliphatic rings. The summed E-state index contributed by atoms with van der Waals surface area (Å²) in [5, 5.41) is 2.55. The number of rotatable bonds is 5. The summed E-state index contributed by atoms with van der Waals surface area (Å²) in [6.07, 6.45) is 0.151. The van der Waals surface area contributed by atoms with Crippen molar-refractivity contribution < 1.29 is 19.1 Å². The molecular formula is C13H25NO4. The number of hydrogen-bond acceptors (Lipinski definition) is 4. The minimum atomic E-state index is -0.675. The van der Waals surface area contributed by atoms with Gasteiger partial charge in [-0.15, -0.1) is 0 Å². The molecule has 0 radical (unpaired) electrons. The van der Waals surface area contributed by atoms with Crippen molar-refractivity contribution in [3.63, 3.8) is 0 Å². The molecule has 1 unspecified atom stereocenters. The first-order chi connectivity index (χ1) is 8.17. The number of ether oxygens (including phenoxy) is 2. The molecule has 1 atom stereocenters. The predicted molar refractivity (Wildman–Crippen MR) is 69.2 cm³/mol. The standard InChI is InChI=1S/C13H25NO4/c1-7-8-17-11(15)10(9(2)3)14-12(16)18-13(4,5)6/h9-10H,7-8H2,1-6H3,(H,14,16). The number of nitrogens with one attached hydrogen (secondary N) is 1. The Bertz CT molecular complexity index is 281. The van der Waals surface area contributed by atoms with Gasteiger partial charge in [-0.1, -0.05) is 20.8 Å². The summed E-state index contributed by atoms with van der Waals surface area (Å²) in [5.74, 6) is -0.473. The van der Waals surface area contributed by atoms with Gasteiger partial charge < -0.3 is 14.8 Å².